The summed E-state index contributed by atoms with van der Waals surface area (Å²) in [7, 11) is 0. The van der Waals surface area contributed by atoms with E-state index in [-0.39, 0.29) is 0 Å². The van der Waals surface area contributed by atoms with E-state index in [0.29, 0.717) is 0 Å². The van der Waals surface area contributed by atoms with Crippen molar-refractivity contribution < 1.29 is 0 Å². The van der Waals surface area contributed by atoms with Crippen molar-refractivity contribution in [2.45, 2.75) is 45.4 Å². The van der Waals surface area contributed by atoms with Crippen LogP contribution in [-0.2, 0) is 6.42 Å². The van der Waals surface area contributed by atoms with Gasteiger partial charge in [-0.1, -0.05) is 50.3 Å². The second-order valence-electron chi connectivity index (χ2n) is 5.52. The normalized spacial score (nSPS) is 17.7. The topological polar surface area (TPSA) is 15.8 Å². The monoisotopic (exact) mass is 227 g/mol. The van der Waals surface area contributed by atoms with Crippen LogP contribution in [0.25, 0.3) is 10.9 Å². The van der Waals surface area contributed by atoms with Crippen molar-refractivity contribution in [1.82, 2.24) is 4.98 Å². The number of nitrogens with one attached hydrogen (secondary N) is 1. The summed E-state index contributed by atoms with van der Waals surface area (Å²) in [6, 6.07) is 6.62. The van der Waals surface area contributed by atoms with Gasteiger partial charge in [0.2, 0.25) is 0 Å². The largest absolute Gasteiger partial charge is 0.361 e. The fraction of sp³-hybridized carbons (Fsp3) is 0.500. The van der Waals surface area contributed by atoms with Crippen LogP contribution in [-0.4, -0.2) is 4.98 Å². The lowest BCUT2D eigenvalue weighted by atomic mass is 9.85. The highest BCUT2D eigenvalue weighted by Gasteiger charge is 2.15. The Morgan fingerprint density at radius 2 is 2.00 bits per heavy atom. The van der Waals surface area contributed by atoms with E-state index in [1.807, 2.05) is 0 Å². The zero-order valence-corrected chi connectivity index (χ0v) is 10.6. The van der Waals surface area contributed by atoms with Crippen LogP contribution in [0.5, 0.6) is 0 Å². The maximum Gasteiger partial charge on any atom is 0.0486 e. The standard InChI is InChI=1S/C16H21N/c1-12-6-5-9-15-14(11-17-16(12)15)10-13-7-3-2-4-8-13/h5-6,9,11,13,17H,2-4,7-8,10H2,1H3. The molecule has 0 aliphatic heterocycles. The molecule has 0 bridgehead atoms. The molecule has 1 aromatic heterocycles. The van der Waals surface area contributed by atoms with Crippen LogP contribution in [0.3, 0.4) is 0 Å². The van der Waals surface area contributed by atoms with Crippen LogP contribution in [0.4, 0.5) is 0 Å². The van der Waals surface area contributed by atoms with Gasteiger partial charge in [-0.15, -0.1) is 0 Å². The fourth-order valence-electron chi connectivity index (χ4n) is 3.24. The summed E-state index contributed by atoms with van der Waals surface area (Å²) in [6.07, 6.45) is 10.7. The Balaban J connectivity index is 1.87. The molecule has 90 valence electrons. The van der Waals surface area contributed by atoms with E-state index in [1.54, 1.807) is 0 Å². The van der Waals surface area contributed by atoms with Gasteiger partial charge in [-0.2, -0.15) is 0 Å². The molecule has 0 radical (unpaired) electrons. The number of hydrogen-bond acceptors (Lipinski definition) is 0. The minimum Gasteiger partial charge on any atom is -0.361 e. The van der Waals surface area contributed by atoms with Crippen molar-refractivity contribution >= 4 is 10.9 Å². The van der Waals surface area contributed by atoms with Crippen LogP contribution in [0, 0.1) is 12.8 Å². The Morgan fingerprint density at radius 3 is 2.82 bits per heavy atom. The molecule has 0 atom stereocenters. The van der Waals surface area contributed by atoms with Crippen LogP contribution in [0.15, 0.2) is 24.4 Å². The molecule has 1 N–H and O–H groups in total. The summed E-state index contributed by atoms with van der Waals surface area (Å²) in [5, 5.41) is 1.44. The summed E-state index contributed by atoms with van der Waals surface area (Å²) < 4.78 is 0. The first kappa shape index (κ1) is 10.9. The Bertz CT molecular complexity index is 503. The molecule has 1 saturated carbocycles. The van der Waals surface area contributed by atoms with Crippen LogP contribution < -0.4 is 0 Å². The van der Waals surface area contributed by atoms with Gasteiger partial charge in [0.1, 0.15) is 0 Å². The maximum atomic E-state index is 3.45. The summed E-state index contributed by atoms with van der Waals surface area (Å²) in [5.74, 6) is 0.920. The Morgan fingerprint density at radius 1 is 1.18 bits per heavy atom. The van der Waals surface area contributed by atoms with E-state index in [9.17, 15) is 0 Å². The number of para-hydroxylation sites is 1. The van der Waals surface area contributed by atoms with E-state index in [4.69, 9.17) is 0 Å². The molecule has 1 aliphatic carbocycles. The quantitative estimate of drug-likeness (QED) is 0.771. The third kappa shape index (κ3) is 2.11. The van der Waals surface area contributed by atoms with Gasteiger partial charge in [0, 0.05) is 17.1 Å². The molecular weight excluding hydrogens is 206 g/mol. The van der Waals surface area contributed by atoms with Crippen molar-refractivity contribution in [2.24, 2.45) is 5.92 Å². The first-order valence-corrected chi connectivity index (χ1v) is 6.90. The Kier molecular flexibility index (Phi) is 2.92. The molecule has 17 heavy (non-hydrogen) atoms. The lowest BCUT2D eigenvalue weighted by Gasteiger charge is -2.21. The van der Waals surface area contributed by atoms with Gasteiger partial charge in [0.25, 0.3) is 0 Å². The highest BCUT2D eigenvalue weighted by Crippen LogP contribution is 2.30. The first-order chi connectivity index (χ1) is 8.34. The van der Waals surface area contributed by atoms with Gasteiger partial charge in [0.05, 0.1) is 0 Å². The first-order valence-electron chi connectivity index (χ1n) is 6.90. The average Bonchev–Trinajstić information content (AvgIpc) is 2.76. The van der Waals surface area contributed by atoms with Crippen LogP contribution >= 0.6 is 0 Å². The number of benzene rings is 1. The Labute approximate surface area is 103 Å². The zero-order valence-electron chi connectivity index (χ0n) is 10.6. The molecule has 1 fully saturated rings. The lowest BCUT2D eigenvalue weighted by Crippen LogP contribution is -2.08. The molecule has 0 spiro atoms. The second-order valence-corrected chi connectivity index (χ2v) is 5.52. The van der Waals surface area contributed by atoms with Gasteiger partial charge >= 0.3 is 0 Å². The maximum absolute atomic E-state index is 3.45. The van der Waals surface area contributed by atoms with E-state index in [2.05, 4.69) is 36.3 Å². The third-order valence-corrected chi connectivity index (χ3v) is 4.24. The molecule has 1 aliphatic rings. The van der Waals surface area contributed by atoms with Gasteiger partial charge < -0.3 is 4.98 Å². The third-order valence-electron chi connectivity index (χ3n) is 4.24. The van der Waals surface area contributed by atoms with Crippen molar-refractivity contribution in [3.63, 3.8) is 0 Å². The SMILES string of the molecule is Cc1cccc2c(CC3CCCCC3)c[nH]c12. The molecule has 2 aromatic rings. The molecule has 1 aromatic carbocycles. The zero-order chi connectivity index (χ0) is 11.7. The van der Waals surface area contributed by atoms with Gasteiger partial charge in [-0.05, 0) is 30.4 Å². The number of aromatic nitrogens is 1. The number of rotatable bonds is 2. The molecule has 1 heterocycles. The average molecular weight is 227 g/mol. The van der Waals surface area contributed by atoms with Crippen LogP contribution in [0.1, 0.15) is 43.2 Å². The number of aromatic amines is 1. The van der Waals surface area contributed by atoms with Gasteiger partial charge in [-0.3, -0.25) is 0 Å². The van der Waals surface area contributed by atoms with E-state index in [0.717, 1.165) is 5.92 Å². The second kappa shape index (κ2) is 4.56. The predicted octanol–water partition coefficient (Wildman–Crippen LogP) is 4.60. The molecule has 0 amide bonds. The Hall–Kier alpha value is -1.24. The van der Waals surface area contributed by atoms with E-state index in [1.165, 1.54) is 60.6 Å². The summed E-state index contributed by atoms with van der Waals surface area (Å²) >= 11 is 0. The van der Waals surface area contributed by atoms with Gasteiger partial charge in [-0.25, -0.2) is 0 Å². The number of hydrogen-bond donors (Lipinski definition) is 1. The number of fused-ring (bicyclic) bond motifs is 1. The molecule has 1 nitrogen and oxygen atoms in total. The number of aryl methyl sites for hydroxylation is 1. The van der Waals surface area contributed by atoms with Crippen molar-refractivity contribution in [2.75, 3.05) is 0 Å². The lowest BCUT2D eigenvalue weighted by molar-refractivity contribution is 0.357. The molecule has 0 unspecified atom stereocenters. The van der Waals surface area contributed by atoms with Gasteiger partial charge in [0.15, 0.2) is 0 Å². The van der Waals surface area contributed by atoms with E-state index >= 15 is 0 Å². The summed E-state index contributed by atoms with van der Waals surface area (Å²) in [5.41, 5.74) is 4.21. The predicted molar refractivity (Wildman–Crippen MR) is 73.3 cm³/mol. The van der Waals surface area contributed by atoms with Crippen molar-refractivity contribution in [1.29, 1.82) is 0 Å². The molecule has 0 saturated heterocycles. The van der Waals surface area contributed by atoms with Crippen LogP contribution in [0.2, 0.25) is 0 Å². The highest BCUT2D eigenvalue weighted by molar-refractivity contribution is 5.85. The minimum atomic E-state index is 0.920. The summed E-state index contributed by atoms with van der Waals surface area (Å²) in [6.45, 7) is 2.18. The fourth-order valence-corrected chi connectivity index (χ4v) is 3.24. The molecule has 1 heteroatoms. The van der Waals surface area contributed by atoms with Crippen molar-refractivity contribution in [3.8, 4) is 0 Å². The summed E-state index contributed by atoms with van der Waals surface area (Å²) in [4.78, 5) is 3.45. The molecular formula is C16H21N. The molecule has 3 rings (SSSR count). The minimum absolute atomic E-state index is 0.920. The van der Waals surface area contributed by atoms with Crippen molar-refractivity contribution in [3.05, 3.63) is 35.5 Å². The van der Waals surface area contributed by atoms with E-state index < -0.39 is 0 Å². The number of H-pyrrole nitrogens is 1. The smallest absolute Gasteiger partial charge is 0.0486 e. The highest BCUT2D eigenvalue weighted by atomic mass is 14.7.